The van der Waals surface area contributed by atoms with Gasteiger partial charge in [-0.3, -0.25) is 9.13 Å². The van der Waals surface area contributed by atoms with Gasteiger partial charge in [0.25, 0.3) is 0 Å². The number of aromatic nitrogens is 2. The molecule has 0 bridgehead atoms. The van der Waals surface area contributed by atoms with Gasteiger partial charge < -0.3 is 9.84 Å². The van der Waals surface area contributed by atoms with Crippen LogP contribution in [0.25, 0.3) is 11.0 Å². The molecule has 2 aromatic rings. The minimum atomic E-state index is -1.24. The Morgan fingerprint density at radius 2 is 1.57 bits per heavy atom. The van der Waals surface area contributed by atoms with Crippen molar-refractivity contribution < 1.29 is 19.4 Å². The number of rotatable bonds is 4. The van der Waals surface area contributed by atoms with Crippen molar-refractivity contribution in [3.63, 3.8) is 0 Å². The first-order valence-electron chi connectivity index (χ1n) is 6.54. The number of aryl methyl sites for hydroxylation is 2. The molecular formula is C14H16N2O5. The molecule has 0 atom stereocenters. The maximum Gasteiger partial charge on any atom is 0.338 e. The summed E-state index contributed by atoms with van der Waals surface area (Å²) < 4.78 is 7.59. The van der Waals surface area contributed by atoms with Gasteiger partial charge in [-0.15, -0.1) is 0 Å². The molecule has 112 valence electrons. The number of carbonyl (C=O) groups is 2. The first-order chi connectivity index (χ1) is 9.96. The van der Waals surface area contributed by atoms with Crippen molar-refractivity contribution in [1.82, 2.24) is 9.13 Å². The minimum Gasteiger partial charge on any atom is -0.478 e. The van der Waals surface area contributed by atoms with Crippen LogP contribution in [0.5, 0.6) is 0 Å². The number of benzene rings is 1. The second-order valence-electron chi connectivity index (χ2n) is 4.45. The quantitative estimate of drug-likeness (QED) is 0.858. The Balaban J connectivity index is 2.94. The highest BCUT2D eigenvalue weighted by atomic mass is 16.5. The maximum absolute atomic E-state index is 12.2. The predicted octanol–water partition coefficient (Wildman–Crippen LogP) is 1.33. The lowest BCUT2D eigenvalue weighted by atomic mass is 10.1. The summed E-state index contributed by atoms with van der Waals surface area (Å²) in [7, 11) is 1.18. The van der Waals surface area contributed by atoms with E-state index in [1.54, 1.807) is 6.92 Å². The third kappa shape index (κ3) is 2.20. The van der Waals surface area contributed by atoms with Gasteiger partial charge >= 0.3 is 17.6 Å². The normalized spacial score (nSPS) is 10.8. The Morgan fingerprint density at radius 3 is 1.95 bits per heavy atom. The number of nitrogens with zero attached hydrogens (tertiary/aromatic N) is 2. The molecule has 0 radical (unpaired) electrons. The van der Waals surface area contributed by atoms with Gasteiger partial charge in [0.1, 0.15) is 0 Å². The van der Waals surface area contributed by atoms with Crippen LogP contribution in [-0.2, 0) is 17.8 Å². The topological polar surface area (TPSA) is 90.5 Å². The molecule has 0 aliphatic rings. The van der Waals surface area contributed by atoms with Gasteiger partial charge in [-0.05, 0) is 26.0 Å². The van der Waals surface area contributed by atoms with Crippen LogP contribution in [0.3, 0.4) is 0 Å². The summed E-state index contributed by atoms with van der Waals surface area (Å²) in [6.07, 6.45) is 0. The summed E-state index contributed by atoms with van der Waals surface area (Å²) in [5.41, 5.74) is 0.551. The molecule has 1 aromatic carbocycles. The van der Waals surface area contributed by atoms with Crippen molar-refractivity contribution in [2.45, 2.75) is 26.9 Å². The molecule has 1 N–H and O–H groups in total. The lowest BCUT2D eigenvalue weighted by Gasteiger charge is -2.06. The van der Waals surface area contributed by atoms with Crippen molar-refractivity contribution in [3.8, 4) is 0 Å². The van der Waals surface area contributed by atoms with Crippen molar-refractivity contribution in [1.29, 1.82) is 0 Å². The second-order valence-corrected chi connectivity index (χ2v) is 4.45. The maximum atomic E-state index is 12.2. The lowest BCUT2D eigenvalue weighted by molar-refractivity contribution is 0.0583. The van der Waals surface area contributed by atoms with Crippen LogP contribution in [-0.4, -0.2) is 33.3 Å². The predicted molar refractivity (Wildman–Crippen MR) is 75.8 cm³/mol. The third-order valence-corrected chi connectivity index (χ3v) is 3.43. The Bertz CT molecular complexity index is 785. The van der Waals surface area contributed by atoms with Crippen LogP contribution in [0.2, 0.25) is 0 Å². The first-order valence-corrected chi connectivity index (χ1v) is 6.54. The molecule has 0 spiro atoms. The third-order valence-electron chi connectivity index (χ3n) is 3.43. The fraction of sp³-hybridized carbons (Fsp3) is 0.357. The van der Waals surface area contributed by atoms with Gasteiger partial charge in [-0.25, -0.2) is 14.4 Å². The van der Waals surface area contributed by atoms with Gasteiger partial charge in [0.05, 0.1) is 29.3 Å². The van der Waals surface area contributed by atoms with E-state index in [0.29, 0.717) is 24.1 Å². The molecule has 21 heavy (non-hydrogen) atoms. The summed E-state index contributed by atoms with van der Waals surface area (Å²) in [6, 6.07) is 2.75. The van der Waals surface area contributed by atoms with E-state index < -0.39 is 11.9 Å². The number of carboxylic acids is 1. The highest BCUT2D eigenvalue weighted by Crippen LogP contribution is 2.21. The first kappa shape index (κ1) is 14.8. The van der Waals surface area contributed by atoms with Gasteiger partial charge in [0, 0.05) is 13.1 Å². The van der Waals surface area contributed by atoms with E-state index in [9.17, 15) is 19.5 Å². The average molecular weight is 292 g/mol. The van der Waals surface area contributed by atoms with E-state index in [1.165, 1.54) is 28.4 Å². The Hall–Kier alpha value is -2.57. The molecule has 0 saturated carbocycles. The Labute approximate surface area is 120 Å². The number of carboxylic acid groups (broad SMARTS) is 1. The molecule has 2 rings (SSSR count). The van der Waals surface area contributed by atoms with Gasteiger partial charge in [0.2, 0.25) is 0 Å². The number of imidazole rings is 1. The molecule has 7 heteroatoms. The molecule has 0 unspecified atom stereocenters. The number of hydrogen-bond donors (Lipinski definition) is 1. The molecule has 0 aliphatic carbocycles. The molecule has 1 heterocycles. The molecular weight excluding hydrogens is 276 g/mol. The summed E-state index contributed by atoms with van der Waals surface area (Å²) in [5.74, 6) is -1.98. The summed E-state index contributed by atoms with van der Waals surface area (Å²) in [5, 5.41) is 9.26. The smallest absolute Gasteiger partial charge is 0.338 e. The average Bonchev–Trinajstić information content (AvgIpc) is 2.74. The van der Waals surface area contributed by atoms with Crippen LogP contribution < -0.4 is 5.69 Å². The number of aromatic carboxylic acids is 1. The van der Waals surface area contributed by atoms with Crippen molar-refractivity contribution in [2.24, 2.45) is 0 Å². The van der Waals surface area contributed by atoms with Crippen LogP contribution in [0.15, 0.2) is 16.9 Å². The SMILES string of the molecule is CCn1c(=O)n(CC)c2cc(C(=O)OC)c(C(=O)O)cc21. The minimum absolute atomic E-state index is 0.0621. The Kier molecular flexibility index (Phi) is 3.84. The van der Waals surface area contributed by atoms with E-state index in [2.05, 4.69) is 4.74 Å². The van der Waals surface area contributed by atoms with Crippen molar-refractivity contribution in [3.05, 3.63) is 33.7 Å². The van der Waals surface area contributed by atoms with Gasteiger partial charge in [-0.2, -0.15) is 0 Å². The Morgan fingerprint density at radius 1 is 1.10 bits per heavy atom. The number of ether oxygens (including phenoxy) is 1. The standard InChI is InChI=1S/C14H16N2O5/c1-4-15-10-6-8(12(17)18)9(13(19)21-3)7-11(10)16(5-2)14(15)20/h6-7H,4-5H2,1-3H3,(H,17,18). The molecule has 1 aromatic heterocycles. The lowest BCUT2D eigenvalue weighted by Crippen LogP contribution is -2.23. The second kappa shape index (κ2) is 5.43. The van der Waals surface area contributed by atoms with Crippen molar-refractivity contribution in [2.75, 3.05) is 7.11 Å². The highest BCUT2D eigenvalue weighted by Gasteiger charge is 2.22. The number of esters is 1. The van der Waals surface area contributed by atoms with Crippen LogP contribution in [0.4, 0.5) is 0 Å². The highest BCUT2D eigenvalue weighted by molar-refractivity contribution is 6.05. The van der Waals surface area contributed by atoms with E-state index in [4.69, 9.17) is 0 Å². The summed E-state index contributed by atoms with van der Waals surface area (Å²) in [4.78, 5) is 35.4. The van der Waals surface area contributed by atoms with E-state index in [1.807, 2.05) is 6.92 Å². The summed E-state index contributed by atoms with van der Waals surface area (Å²) >= 11 is 0. The fourth-order valence-electron chi connectivity index (χ4n) is 2.43. The zero-order valence-electron chi connectivity index (χ0n) is 12.0. The molecule has 7 nitrogen and oxygen atoms in total. The fourth-order valence-corrected chi connectivity index (χ4v) is 2.43. The monoisotopic (exact) mass is 292 g/mol. The number of methoxy groups -OCH3 is 1. The van der Waals surface area contributed by atoms with E-state index >= 15 is 0 Å². The van der Waals surface area contributed by atoms with Crippen molar-refractivity contribution >= 4 is 23.0 Å². The molecule has 0 aliphatic heterocycles. The molecule has 0 saturated heterocycles. The van der Waals surface area contributed by atoms with Crippen LogP contribution in [0, 0.1) is 0 Å². The summed E-state index contributed by atoms with van der Waals surface area (Å²) in [6.45, 7) is 4.45. The largest absolute Gasteiger partial charge is 0.478 e. The number of carbonyl (C=O) groups excluding carboxylic acids is 1. The van der Waals surface area contributed by atoms with Gasteiger partial charge in [0.15, 0.2) is 0 Å². The molecule has 0 amide bonds. The number of hydrogen-bond acceptors (Lipinski definition) is 4. The van der Waals surface area contributed by atoms with E-state index in [0.717, 1.165) is 0 Å². The van der Waals surface area contributed by atoms with Crippen LogP contribution >= 0.6 is 0 Å². The molecule has 0 fully saturated rings. The zero-order chi connectivity index (χ0) is 15.7. The van der Waals surface area contributed by atoms with Crippen LogP contribution in [0.1, 0.15) is 34.6 Å². The van der Waals surface area contributed by atoms with Gasteiger partial charge in [-0.1, -0.05) is 0 Å². The number of fused-ring (bicyclic) bond motifs is 1. The zero-order valence-corrected chi connectivity index (χ0v) is 12.0. The van der Waals surface area contributed by atoms with E-state index in [-0.39, 0.29) is 16.8 Å².